The Morgan fingerprint density at radius 1 is 1.12 bits per heavy atom. The molecule has 2 aliphatic rings. The van der Waals surface area contributed by atoms with E-state index in [0.29, 0.717) is 31.6 Å². The van der Waals surface area contributed by atoms with Gasteiger partial charge in [-0.05, 0) is 42.9 Å². The van der Waals surface area contributed by atoms with E-state index in [2.05, 4.69) is 15.3 Å². The van der Waals surface area contributed by atoms with Crippen LogP contribution in [-0.2, 0) is 22.2 Å². The molecule has 0 spiro atoms. The van der Waals surface area contributed by atoms with Crippen LogP contribution in [0.15, 0.2) is 6.20 Å². The van der Waals surface area contributed by atoms with E-state index in [1.807, 2.05) is 0 Å². The van der Waals surface area contributed by atoms with Crippen LogP contribution in [0.5, 0.6) is 0 Å². The number of aromatic nitrogens is 2. The molecule has 186 valence electrons. The zero-order valence-corrected chi connectivity index (χ0v) is 18.7. The molecule has 0 saturated heterocycles. The lowest BCUT2D eigenvalue weighted by Gasteiger charge is -2.48. The molecular formula is C20H25F6N3O3S. The summed E-state index contributed by atoms with van der Waals surface area (Å²) in [6, 6.07) is 0. The van der Waals surface area contributed by atoms with Crippen LogP contribution in [0.3, 0.4) is 0 Å². The van der Waals surface area contributed by atoms with Crippen molar-refractivity contribution in [2.24, 2.45) is 17.3 Å². The Labute approximate surface area is 187 Å². The maximum atomic E-state index is 13.3. The van der Waals surface area contributed by atoms with Crippen molar-refractivity contribution in [1.82, 2.24) is 15.3 Å². The van der Waals surface area contributed by atoms with E-state index in [1.54, 1.807) is 6.92 Å². The molecule has 1 heterocycles. The minimum Gasteiger partial charge on any atom is -0.351 e. The number of amides is 1. The van der Waals surface area contributed by atoms with Gasteiger partial charge in [-0.2, -0.15) is 26.3 Å². The van der Waals surface area contributed by atoms with Crippen molar-refractivity contribution >= 4 is 15.7 Å². The van der Waals surface area contributed by atoms with Gasteiger partial charge in [0.15, 0.2) is 15.5 Å². The smallest absolute Gasteiger partial charge is 0.351 e. The van der Waals surface area contributed by atoms with Gasteiger partial charge in [0.25, 0.3) is 5.91 Å². The molecule has 13 heteroatoms. The van der Waals surface area contributed by atoms with Gasteiger partial charge in [-0.3, -0.25) is 4.79 Å². The summed E-state index contributed by atoms with van der Waals surface area (Å²) in [7, 11) is -3.19. The lowest BCUT2D eigenvalue weighted by molar-refractivity contribution is -0.153. The molecule has 2 saturated carbocycles. The van der Waals surface area contributed by atoms with Gasteiger partial charge in [0.05, 0.1) is 11.3 Å². The second-order valence-corrected chi connectivity index (χ2v) is 11.4. The fraction of sp³-hybridized carbons (Fsp3) is 0.750. The summed E-state index contributed by atoms with van der Waals surface area (Å²) in [5, 5.41) is 2.40. The van der Waals surface area contributed by atoms with Crippen LogP contribution in [0.1, 0.15) is 67.3 Å². The average molecular weight is 501 g/mol. The highest BCUT2D eigenvalue weighted by atomic mass is 32.2. The largest absolute Gasteiger partial charge is 0.451 e. The van der Waals surface area contributed by atoms with Crippen molar-refractivity contribution in [2.45, 2.75) is 57.8 Å². The zero-order chi connectivity index (χ0) is 24.7. The van der Waals surface area contributed by atoms with Crippen molar-refractivity contribution in [3.8, 4) is 0 Å². The maximum Gasteiger partial charge on any atom is 0.451 e. The molecule has 0 radical (unpaired) electrons. The molecule has 1 aromatic rings. The van der Waals surface area contributed by atoms with Crippen LogP contribution < -0.4 is 5.32 Å². The number of hydrogen-bond acceptors (Lipinski definition) is 5. The Bertz CT molecular complexity index is 984. The molecule has 0 bridgehead atoms. The summed E-state index contributed by atoms with van der Waals surface area (Å²) in [5.74, 6) is -2.73. The topological polar surface area (TPSA) is 89.0 Å². The molecule has 1 N–H and O–H groups in total. The summed E-state index contributed by atoms with van der Waals surface area (Å²) in [6.45, 7) is 1.77. The third-order valence-electron chi connectivity index (χ3n) is 6.05. The number of nitrogens with zero attached hydrogens (tertiary/aromatic N) is 2. The molecule has 0 unspecified atom stereocenters. The van der Waals surface area contributed by atoms with E-state index < -0.39 is 50.6 Å². The number of rotatable bonds is 9. The Balaban J connectivity index is 1.71. The van der Waals surface area contributed by atoms with Crippen LogP contribution in [0.4, 0.5) is 26.3 Å². The van der Waals surface area contributed by atoms with Crippen molar-refractivity contribution < 1.29 is 39.6 Å². The monoisotopic (exact) mass is 501 g/mol. The van der Waals surface area contributed by atoms with E-state index in [0.717, 1.165) is 12.8 Å². The molecule has 2 aliphatic carbocycles. The Kier molecular flexibility index (Phi) is 7.03. The number of sulfone groups is 1. The molecule has 3 rings (SSSR count). The number of carbonyl (C=O) groups excluding carboxylic acids is 1. The van der Waals surface area contributed by atoms with Crippen molar-refractivity contribution in [2.75, 3.05) is 18.1 Å². The first-order valence-corrected chi connectivity index (χ1v) is 12.5. The number of hydrogen-bond donors (Lipinski definition) is 1. The number of halogens is 6. The SMILES string of the molecule is CCCS(=O)(=O)CC1CC(CNC(=O)c2cnc(C(F)(F)F)nc2C(F)(F)F)(CC2CC2)C1. The predicted octanol–water partition coefficient (Wildman–Crippen LogP) is 4.27. The summed E-state index contributed by atoms with van der Waals surface area (Å²) in [6.07, 6.45) is -5.98. The molecule has 0 aliphatic heterocycles. The predicted molar refractivity (Wildman–Crippen MR) is 106 cm³/mol. The highest BCUT2D eigenvalue weighted by molar-refractivity contribution is 7.91. The minimum atomic E-state index is -5.28. The van der Waals surface area contributed by atoms with Gasteiger partial charge in [-0.1, -0.05) is 19.8 Å². The zero-order valence-electron chi connectivity index (χ0n) is 17.9. The molecular weight excluding hydrogens is 476 g/mol. The molecule has 2 fully saturated rings. The molecule has 1 amide bonds. The quantitative estimate of drug-likeness (QED) is 0.511. The Morgan fingerprint density at radius 3 is 2.27 bits per heavy atom. The molecule has 1 aromatic heterocycles. The maximum absolute atomic E-state index is 13.3. The van der Waals surface area contributed by atoms with Crippen molar-refractivity contribution in [1.29, 1.82) is 0 Å². The van der Waals surface area contributed by atoms with Crippen LogP contribution >= 0.6 is 0 Å². The van der Waals surface area contributed by atoms with Crippen LogP contribution in [0.25, 0.3) is 0 Å². The van der Waals surface area contributed by atoms with E-state index >= 15 is 0 Å². The highest BCUT2D eigenvalue weighted by Gasteiger charge is 2.48. The summed E-state index contributed by atoms with van der Waals surface area (Å²) in [4.78, 5) is 17.9. The van der Waals surface area contributed by atoms with Gasteiger partial charge in [-0.25, -0.2) is 18.4 Å². The van der Waals surface area contributed by atoms with Crippen LogP contribution in [-0.4, -0.2) is 42.3 Å². The molecule has 33 heavy (non-hydrogen) atoms. The fourth-order valence-electron chi connectivity index (χ4n) is 4.62. The van der Waals surface area contributed by atoms with Gasteiger partial charge in [-0.15, -0.1) is 0 Å². The van der Waals surface area contributed by atoms with Crippen LogP contribution in [0.2, 0.25) is 0 Å². The Hall–Kier alpha value is -1.92. The second kappa shape index (κ2) is 9.03. The third-order valence-corrected chi connectivity index (χ3v) is 8.06. The van der Waals surface area contributed by atoms with Gasteiger partial charge >= 0.3 is 12.4 Å². The third kappa shape index (κ3) is 6.57. The summed E-state index contributed by atoms with van der Waals surface area (Å²) < 4.78 is 102. The highest BCUT2D eigenvalue weighted by Crippen LogP contribution is 2.54. The van der Waals surface area contributed by atoms with E-state index in [9.17, 15) is 39.6 Å². The Morgan fingerprint density at radius 2 is 1.76 bits per heavy atom. The normalized spacial score (nSPS) is 23.8. The molecule has 6 nitrogen and oxygen atoms in total. The first-order valence-electron chi connectivity index (χ1n) is 10.6. The van der Waals surface area contributed by atoms with Gasteiger partial charge < -0.3 is 5.32 Å². The molecule has 0 atom stereocenters. The summed E-state index contributed by atoms with van der Waals surface area (Å²) >= 11 is 0. The fourth-order valence-corrected chi connectivity index (χ4v) is 6.36. The standard InChI is InChI=1S/C20H25F6N3O3S/c1-2-5-33(31,32)10-13-7-18(8-13,6-12-3-4-12)11-28-16(30)14-9-27-17(20(24,25)26)29-15(14)19(21,22)23/h9,12-13H,2-8,10-11H2,1H3,(H,28,30). The van der Waals surface area contributed by atoms with Crippen LogP contribution in [0, 0.1) is 17.3 Å². The molecule has 0 aromatic carbocycles. The minimum absolute atomic E-state index is 0.00494. The van der Waals surface area contributed by atoms with Gasteiger partial charge in [0.2, 0.25) is 5.82 Å². The van der Waals surface area contributed by atoms with E-state index in [1.165, 1.54) is 0 Å². The van der Waals surface area contributed by atoms with Gasteiger partial charge in [0, 0.05) is 18.5 Å². The number of carbonyl (C=O) groups is 1. The second-order valence-electron chi connectivity index (χ2n) is 9.17. The van der Waals surface area contributed by atoms with Gasteiger partial charge in [0.1, 0.15) is 0 Å². The first-order chi connectivity index (χ1) is 15.1. The average Bonchev–Trinajstić information content (AvgIpc) is 3.46. The summed E-state index contributed by atoms with van der Waals surface area (Å²) in [5.41, 5.74) is -3.47. The first kappa shape index (κ1) is 25.7. The van der Waals surface area contributed by atoms with E-state index in [4.69, 9.17) is 0 Å². The van der Waals surface area contributed by atoms with Crippen molar-refractivity contribution in [3.05, 3.63) is 23.3 Å². The van der Waals surface area contributed by atoms with Crippen molar-refractivity contribution in [3.63, 3.8) is 0 Å². The number of nitrogens with one attached hydrogen (secondary N) is 1. The van der Waals surface area contributed by atoms with E-state index in [-0.39, 0.29) is 30.2 Å². The lowest BCUT2D eigenvalue weighted by Crippen LogP contribution is -2.48. The number of alkyl halides is 6. The lowest BCUT2D eigenvalue weighted by atomic mass is 9.60.